The summed E-state index contributed by atoms with van der Waals surface area (Å²) in [6.45, 7) is 2.26. The van der Waals surface area contributed by atoms with Crippen LogP contribution in [0.25, 0.3) is 0 Å². The summed E-state index contributed by atoms with van der Waals surface area (Å²) in [7, 11) is 1.54. The van der Waals surface area contributed by atoms with E-state index in [4.69, 9.17) is 9.84 Å². The maximum atomic E-state index is 10.4. The molecule has 0 aliphatic carbocycles. The van der Waals surface area contributed by atoms with Gasteiger partial charge in [0.15, 0.2) is 0 Å². The van der Waals surface area contributed by atoms with Crippen molar-refractivity contribution in [1.29, 1.82) is 0 Å². The molecule has 5 nitrogen and oxygen atoms in total. The quantitative estimate of drug-likeness (QED) is 0.546. The fourth-order valence-corrected chi connectivity index (χ4v) is 1.08. The third-order valence-electron chi connectivity index (χ3n) is 1.79. The number of methoxy groups -OCH3 is 1. The predicted octanol–water partition coefficient (Wildman–Crippen LogP) is -0.142. The molecule has 1 unspecified atom stereocenters. The van der Waals surface area contributed by atoms with Crippen LogP contribution in [0.5, 0.6) is 0 Å². The minimum Gasteiger partial charge on any atom is -0.481 e. The van der Waals surface area contributed by atoms with E-state index in [1.807, 2.05) is 6.92 Å². The Bertz CT molecular complexity index is 172. The van der Waals surface area contributed by atoms with Crippen molar-refractivity contribution in [1.82, 2.24) is 5.32 Å². The summed E-state index contributed by atoms with van der Waals surface area (Å²) in [5, 5.41) is 11.0. The number of ether oxygens (including phenoxy) is 1. The van der Waals surface area contributed by atoms with E-state index in [9.17, 15) is 9.59 Å². The van der Waals surface area contributed by atoms with Crippen LogP contribution in [0.3, 0.4) is 0 Å². The Labute approximate surface area is 77.1 Å². The fraction of sp³-hybridized carbons (Fsp3) is 0.750. The summed E-state index contributed by atoms with van der Waals surface area (Å²) in [6, 6.07) is -0.366. The summed E-state index contributed by atoms with van der Waals surface area (Å²) in [4.78, 5) is 20.6. The average Bonchev–Trinajstić information content (AvgIpc) is 2.03. The number of carboxylic acids is 1. The van der Waals surface area contributed by atoms with Crippen LogP contribution in [-0.4, -0.2) is 37.2 Å². The van der Waals surface area contributed by atoms with Crippen molar-refractivity contribution in [2.75, 3.05) is 13.7 Å². The molecule has 0 aliphatic rings. The second-order valence-electron chi connectivity index (χ2n) is 2.92. The third-order valence-corrected chi connectivity index (χ3v) is 1.79. The molecule has 1 amide bonds. The number of carbonyl (C=O) groups is 2. The maximum Gasteiger partial charge on any atom is 0.305 e. The molecule has 0 saturated heterocycles. The molecule has 0 aromatic carbocycles. The first-order valence-electron chi connectivity index (χ1n) is 4.02. The Hall–Kier alpha value is -1.10. The Balaban J connectivity index is 4.04. The predicted molar refractivity (Wildman–Crippen MR) is 46.3 cm³/mol. The highest BCUT2D eigenvalue weighted by Gasteiger charge is 2.19. The smallest absolute Gasteiger partial charge is 0.305 e. The van der Waals surface area contributed by atoms with Crippen LogP contribution in [0.4, 0.5) is 0 Å². The Morgan fingerprint density at radius 2 is 2.31 bits per heavy atom. The molecule has 0 aliphatic heterocycles. The number of hydrogen-bond acceptors (Lipinski definition) is 3. The zero-order chi connectivity index (χ0) is 10.3. The lowest BCUT2D eigenvalue weighted by molar-refractivity contribution is -0.138. The first kappa shape index (κ1) is 11.9. The van der Waals surface area contributed by atoms with Crippen molar-refractivity contribution in [2.45, 2.75) is 19.4 Å². The van der Waals surface area contributed by atoms with Crippen molar-refractivity contribution in [2.24, 2.45) is 5.92 Å². The highest BCUT2D eigenvalue weighted by Crippen LogP contribution is 2.06. The third kappa shape index (κ3) is 5.19. The summed E-state index contributed by atoms with van der Waals surface area (Å²) in [5.41, 5.74) is 0. The summed E-state index contributed by atoms with van der Waals surface area (Å²) < 4.78 is 4.86. The number of carboxylic acid groups (broad SMARTS) is 1. The molecule has 5 heteroatoms. The number of hydrogen-bond donors (Lipinski definition) is 2. The van der Waals surface area contributed by atoms with Gasteiger partial charge in [-0.05, 0) is 0 Å². The summed E-state index contributed by atoms with van der Waals surface area (Å²) >= 11 is 0. The second-order valence-corrected chi connectivity index (χ2v) is 2.92. The highest BCUT2D eigenvalue weighted by molar-refractivity contribution is 5.68. The highest BCUT2D eigenvalue weighted by atomic mass is 16.5. The van der Waals surface area contributed by atoms with E-state index in [0.717, 1.165) is 0 Å². The van der Waals surface area contributed by atoms with E-state index < -0.39 is 5.97 Å². The SMILES string of the molecule is COCC(C)[C@@H](CC(=O)O)NC=O. The van der Waals surface area contributed by atoms with E-state index in [2.05, 4.69) is 5.32 Å². The monoisotopic (exact) mass is 189 g/mol. The standard InChI is InChI=1S/C8H15NO4/c1-6(4-13-2)7(9-5-10)3-8(11)12/h5-7H,3-4H2,1-2H3,(H,9,10)(H,11,12)/t6?,7-/m1/s1. The van der Waals surface area contributed by atoms with Crippen molar-refractivity contribution in [3.05, 3.63) is 0 Å². The van der Waals surface area contributed by atoms with Gasteiger partial charge in [0.2, 0.25) is 6.41 Å². The van der Waals surface area contributed by atoms with Gasteiger partial charge in [-0.25, -0.2) is 0 Å². The normalized spacial score (nSPS) is 14.6. The molecule has 2 atom stereocenters. The second kappa shape index (κ2) is 6.42. The van der Waals surface area contributed by atoms with E-state index in [1.54, 1.807) is 0 Å². The van der Waals surface area contributed by atoms with Crippen molar-refractivity contribution in [3.8, 4) is 0 Å². The van der Waals surface area contributed by atoms with Crippen LogP contribution in [-0.2, 0) is 14.3 Å². The molecule has 0 rings (SSSR count). The zero-order valence-electron chi connectivity index (χ0n) is 7.82. The van der Waals surface area contributed by atoms with Gasteiger partial charge in [-0.2, -0.15) is 0 Å². The van der Waals surface area contributed by atoms with Gasteiger partial charge in [0.1, 0.15) is 0 Å². The number of amides is 1. The van der Waals surface area contributed by atoms with Crippen molar-refractivity contribution < 1.29 is 19.4 Å². The van der Waals surface area contributed by atoms with E-state index in [-0.39, 0.29) is 18.4 Å². The van der Waals surface area contributed by atoms with Gasteiger partial charge in [-0.3, -0.25) is 9.59 Å². The number of aliphatic carboxylic acids is 1. The van der Waals surface area contributed by atoms with E-state index in [0.29, 0.717) is 13.0 Å². The number of carbonyl (C=O) groups excluding carboxylic acids is 1. The molecular formula is C8H15NO4. The number of nitrogens with one attached hydrogen (secondary N) is 1. The average molecular weight is 189 g/mol. The lowest BCUT2D eigenvalue weighted by atomic mass is 10.0. The van der Waals surface area contributed by atoms with Crippen LogP contribution in [0.1, 0.15) is 13.3 Å². The minimum atomic E-state index is -0.928. The molecule has 0 fully saturated rings. The van der Waals surface area contributed by atoms with Gasteiger partial charge in [0, 0.05) is 19.1 Å². The molecule has 0 aromatic rings. The molecule has 0 aromatic heterocycles. The Kier molecular flexibility index (Phi) is 5.88. The lowest BCUT2D eigenvalue weighted by Crippen LogP contribution is -2.37. The molecule has 0 spiro atoms. The van der Waals surface area contributed by atoms with Crippen LogP contribution in [0.15, 0.2) is 0 Å². The zero-order valence-corrected chi connectivity index (χ0v) is 7.82. The Morgan fingerprint density at radius 3 is 2.69 bits per heavy atom. The van der Waals surface area contributed by atoms with Crippen molar-refractivity contribution >= 4 is 12.4 Å². The van der Waals surface area contributed by atoms with Gasteiger partial charge < -0.3 is 15.2 Å². The van der Waals surface area contributed by atoms with Gasteiger partial charge in [0.05, 0.1) is 13.0 Å². The molecule has 0 saturated carbocycles. The van der Waals surface area contributed by atoms with E-state index in [1.165, 1.54) is 7.11 Å². The minimum absolute atomic E-state index is 0.00806. The molecular weight excluding hydrogens is 174 g/mol. The molecule has 0 heterocycles. The van der Waals surface area contributed by atoms with Gasteiger partial charge in [-0.15, -0.1) is 0 Å². The molecule has 13 heavy (non-hydrogen) atoms. The maximum absolute atomic E-state index is 10.4. The molecule has 2 N–H and O–H groups in total. The van der Waals surface area contributed by atoms with Crippen molar-refractivity contribution in [3.63, 3.8) is 0 Å². The van der Waals surface area contributed by atoms with Crippen LogP contribution in [0, 0.1) is 5.92 Å². The molecule has 0 radical (unpaired) electrons. The number of rotatable bonds is 7. The van der Waals surface area contributed by atoms with Crippen LogP contribution < -0.4 is 5.32 Å². The largest absolute Gasteiger partial charge is 0.481 e. The molecule has 76 valence electrons. The lowest BCUT2D eigenvalue weighted by Gasteiger charge is -2.20. The van der Waals surface area contributed by atoms with Gasteiger partial charge in [-0.1, -0.05) is 6.92 Å². The summed E-state index contributed by atoms with van der Waals surface area (Å²) in [6.07, 6.45) is 0.434. The topological polar surface area (TPSA) is 75.6 Å². The first-order valence-corrected chi connectivity index (χ1v) is 4.02. The summed E-state index contributed by atoms with van der Waals surface area (Å²) in [5.74, 6) is -0.936. The van der Waals surface area contributed by atoms with E-state index >= 15 is 0 Å². The van der Waals surface area contributed by atoms with Gasteiger partial charge in [0.25, 0.3) is 0 Å². The fourth-order valence-electron chi connectivity index (χ4n) is 1.08. The van der Waals surface area contributed by atoms with Crippen LogP contribution in [0.2, 0.25) is 0 Å². The van der Waals surface area contributed by atoms with Gasteiger partial charge >= 0.3 is 5.97 Å². The Morgan fingerprint density at radius 1 is 1.69 bits per heavy atom. The molecule has 0 bridgehead atoms. The van der Waals surface area contributed by atoms with Crippen LogP contribution >= 0.6 is 0 Å². The first-order chi connectivity index (χ1) is 6.11.